The number of aromatic nitrogens is 2. The Hall–Kier alpha value is -6.60. The van der Waals surface area contributed by atoms with Crippen LogP contribution in [0, 0.1) is 6.92 Å². The lowest BCUT2D eigenvalue weighted by atomic mass is 9.79. The molecule has 2 N–H and O–H groups in total. The molecule has 0 unspecified atom stereocenters. The zero-order chi connectivity index (χ0) is 37.8. The van der Waals surface area contributed by atoms with Gasteiger partial charge >= 0.3 is 7.12 Å². The first kappa shape index (κ1) is 34.2. The molecular formula is C49H39BN2O3. The predicted molar refractivity (Wildman–Crippen MR) is 233 cm³/mol. The quantitative estimate of drug-likeness (QED) is 0.0889. The molecule has 0 fully saturated rings. The Balaban J connectivity index is 1.26. The fraction of sp³-hybridized carbons (Fsp3) is 0.0612. The van der Waals surface area contributed by atoms with E-state index in [0.717, 1.165) is 83.8 Å². The highest BCUT2D eigenvalue weighted by molar-refractivity contribution is 6.61. The molecule has 0 saturated carbocycles. The molecule has 0 atom stereocenters. The number of allylic oxidation sites excluding steroid dienone is 5. The van der Waals surface area contributed by atoms with E-state index < -0.39 is 7.12 Å². The van der Waals surface area contributed by atoms with Crippen molar-refractivity contribution in [3.05, 3.63) is 170 Å². The normalized spacial score (nSPS) is 12.1. The van der Waals surface area contributed by atoms with Crippen molar-refractivity contribution in [3.8, 4) is 27.9 Å². The van der Waals surface area contributed by atoms with Gasteiger partial charge in [0.15, 0.2) is 0 Å². The zero-order valence-electron chi connectivity index (χ0n) is 30.8. The maximum atomic E-state index is 10.1. The van der Waals surface area contributed by atoms with Gasteiger partial charge in [-0.15, -0.1) is 6.58 Å². The van der Waals surface area contributed by atoms with Gasteiger partial charge in [0.2, 0.25) is 0 Å². The standard InChI is InChI=1S/C49H39BN2O3/c1-5-7-9-17-37-32(4)51(31(3)14-6-2)45-25-22-33(28-41(37)45)34-23-26-46-42(29-34)43-30-35(24-27-47(43)52(46)36-15-10-8-11-16-36)38-18-12-19-39-40-20-13-21-44(50(53)54)49(40)55-48(38)39/h5-6,8-30,53-54H,1,3,7H2,2,4H3/b14-6-,17-9-. The van der Waals surface area contributed by atoms with Gasteiger partial charge in [0.1, 0.15) is 11.2 Å². The largest absolute Gasteiger partial charge is 0.492 e. The van der Waals surface area contributed by atoms with Crippen molar-refractivity contribution in [2.75, 3.05) is 0 Å². The third kappa shape index (κ3) is 5.57. The van der Waals surface area contributed by atoms with Gasteiger partial charge in [-0.3, -0.25) is 0 Å². The minimum atomic E-state index is -1.63. The number of fused-ring (bicyclic) bond motifs is 7. The van der Waals surface area contributed by atoms with Crippen molar-refractivity contribution in [3.63, 3.8) is 0 Å². The lowest BCUT2D eigenvalue weighted by Crippen LogP contribution is -2.29. The highest BCUT2D eigenvalue weighted by Crippen LogP contribution is 2.41. The van der Waals surface area contributed by atoms with Crippen molar-refractivity contribution in [2.45, 2.75) is 20.3 Å². The summed E-state index contributed by atoms with van der Waals surface area (Å²) in [7, 11) is -1.63. The van der Waals surface area contributed by atoms with Crippen molar-refractivity contribution >= 4 is 79.0 Å². The van der Waals surface area contributed by atoms with Gasteiger partial charge < -0.3 is 23.6 Å². The Morgan fingerprint density at radius 3 is 2.04 bits per heavy atom. The van der Waals surface area contributed by atoms with Crippen molar-refractivity contribution < 1.29 is 14.5 Å². The summed E-state index contributed by atoms with van der Waals surface area (Å²) in [6, 6.07) is 42.2. The number of benzene rings is 6. The summed E-state index contributed by atoms with van der Waals surface area (Å²) in [5.41, 5.74) is 13.4. The molecule has 3 heterocycles. The van der Waals surface area contributed by atoms with Crippen LogP contribution in [0.5, 0.6) is 0 Å². The molecule has 9 rings (SSSR count). The van der Waals surface area contributed by atoms with E-state index >= 15 is 0 Å². The minimum absolute atomic E-state index is 0.348. The Bertz CT molecular complexity index is 3050. The van der Waals surface area contributed by atoms with Crippen LogP contribution in [0.15, 0.2) is 163 Å². The van der Waals surface area contributed by atoms with Gasteiger partial charge in [-0.1, -0.05) is 104 Å². The first-order chi connectivity index (χ1) is 26.9. The Labute approximate surface area is 319 Å². The molecule has 266 valence electrons. The van der Waals surface area contributed by atoms with Crippen LogP contribution in [0.4, 0.5) is 0 Å². The van der Waals surface area contributed by atoms with Gasteiger partial charge in [0, 0.05) is 60.6 Å². The summed E-state index contributed by atoms with van der Waals surface area (Å²) in [5.74, 6) is 0. The van der Waals surface area contributed by atoms with Crippen molar-refractivity contribution in [1.82, 2.24) is 9.13 Å². The average molecular weight is 715 g/mol. The van der Waals surface area contributed by atoms with E-state index in [2.05, 4.69) is 126 Å². The van der Waals surface area contributed by atoms with E-state index in [1.165, 1.54) is 10.9 Å². The summed E-state index contributed by atoms with van der Waals surface area (Å²) >= 11 is 0. The van der Waals surface area contributed by atoms with E-state index in [1.54, 1.807) is 6.07 Å². The van der Waals surface area contributed by atoms with Crippen LogP contribution in [0.3, 0.4) is 0 Å². The van der Waals surface area contributed by atoms with Crippen molar-refractivity contribution in [1.29, 1.82) is 0 Å². The van der Waals surface area contributed by atoms with E-state index in [9.17, 15) is 10.0 Å². The number of nitrogens with zero attached hydrogens (tertiary/aromatic N) is 2. The molecule has 9 aromatic rings. The molecule has 5 nitrogen and oxygen atoms in total. The van der Waals surface area contributed by atoms with E-state index in [0.29, 0.717) is 16.6 Å². The SMILES string of the molecule is C=CC/C=C\c1c(C)n(C(=C)/C=C\C)c2ccc(-c3ccc4c(c3)c3cc(-c5cccc6c5oc5c(B(O)O)cccc56)ccc3n4-c3ccccc3)cc12. The second-order valence-electron chi connectivity index (χ2n) is 14.0. The summed E-state index contributed by atoms with van der Waals surface area (Å²) in [5, 5.41) is 25.4. The van der Waals surface area contributed by atoms with Crippen molar-refractivity contribution in [2.24, 2.45) is 0 Å². The highest BCUT2D eigenvalue weighted by atomic mass is 16.4. The molecule has 6 aromatic carbocycles. The van der Waals surface area contributed by atoms with Crippen LogP contribution in [0.25, 0.3) is 94.4 Å². The first-order valence-corrected chi connectivity index (χ1v) is 18.6. The molecule has 55 heavy (non-hydrogen) atoms. The predicted octanol–water partition coefficient (Wildman–Crippen LogP) is 11.6. The molecule has 0 saturated heterocycles. The highest BCUT2D eigenvalue weighted by Gasteiger charge is 2.22. The summed E-state index contributed by atoms with van der Waals surface area (Å²) in [6.07, 6.45) is 11.1. The maximum Gasteiger partial charge on any atom is 0.492 e. The van der Waals surface area contributed by atoms with Gasteiger partial charge in [0.05, 0.1) is 16.6 Å². The van der Waals surface area contributed by atoms with E-state index in [4.69, 9.17) is 4.42 Å². The number of hydrogen-bond acceptors (Lipinski definition) is 3. The molecule has 0 aliphatic carbocycles. The van der Waals surface area contributed by atoms with Gasteiger partial charge in [0.25, 0.3) is 0 Å². The summed E-state index contributed by atoms with van der Waals surface area (Å²) in [6.45, 7) is 12.5. The second-order valence-corrected chi connectivity index (χ2v) is 14.0. The smallest absolute Gasteiger partial charge is 0.456 e. The van der Waals surface area contributed by atoms with E-state index in [-0.39, 0.29) is 0 Å². The minimum Gasteiger partial charge on any atom is -0.456 e. The lowest BCUT2D eigenvalue weighted by Gasteiger charge is -2.09. The molecule has 0 bridgehead atoms. The van der Waals surface area contributed by atoms with Crippen LogP contribution >= 0.6 is 0 Å². The van der Waals surface area contributed by atoms with Gasteiger partial charge in [-0.05, 0) is 91.6 Å². The van der Waals surface area contributed by atoms with Crippen LogP contribution in [-0.2, 0) is 0 Å². The van der Waals surface area contributed by atoms with Crippen LogP contribution in [-0.4, -0.2) is 26.3 Å². The monoisotopic (exact) mass is 714 g/mol. The van der Waals surface area contributed by atoms with Crippen LogP contribution < -0.4 is 5.46 Å². The molecular weight excluding hydrogens is 675 g/mol. The number of furan rings is 1. The molecule has 0 aliphatic heterocycles. The first-order valence-electron chi connectivity index (χ1n) is 18.6. The van der Waals surface area contributed by atoms with Gasteiger partial charge in [-0.25, -0.2) is 0 Å². The Morgan fingerprint density at radius 2 is 1.35 bits per heavy atom. The third-order valence-corrected chi connectivity index (χ3v) is 10.7. The molecule has 0 amide bonds. The summed E-state index contributed by atoms with van der Waals surface area (Å²) in [4.78, 5) is 0. The number of rotatable bonds is 9. The fourth-order valence-corrected chi connectivity index (χ4v) is 8.25. The molecule has 3 aromatic heterocycles. The zero-order valence-corrected chi connectivity index (χ0v) is 30.8. The topological polar surface area (TPSA) is 63.5 Å². The number of hydrogen-bond donors (Lipinski definition) is 2. The van der Waals surface area contributed by atoms with Crippen LogP contribution in [0.2, 0.25) is 0 Å². The van der Waals surface area contributed by atoms with Gasteiger partial charge in [-0.2, -0.15) is 0 Å². The molecule has 0 radical (unpaired) electrons. The maximum absolute atomic E-state index is 10.1. The second kappa shape index (κ2) is 13.7. The third-order valence-electron chi connectivity index (χ3n) is 10.7. The summed E-state index contributed by atoms with van der Waals surface area (Å²) < 4.78 is 11.0. The van der Waals surface area contributed by atoms with E-state index in [1.807, 2.05) is 55.5 Å². The van der Waals surface area contributed by atoms with Crippen LogP contribution in [0.1, 0.15) is 24.6 Å². The molecule has 0 spiro atoms. The Kier molecular flexibility index (Phi) is 8.50. The fourth-order valence-electron chi connectivity index (χ4n) is 8.25. The number of para-hydroxylation sites is 3. The molecule has 6 heteroatoms. The molecule has 0 aliphatic rings. The average Bonchev–Trinajstić information content (AvgIpc) is 3.84. The Morgan fingerprint density at radius 1 is 0.709 bits per heavy atom. The lowest BCUT2D eigenvalue weighted by molar-refractivity contribution is 0.425.